The number of hydrogen-bond acceptors (Lipinski definition) is 6. The van der Waals surface area contributed by atoms with Gasteiger partial charge in [0.1, 0.15) is 0 Å². The van der Waals surface area contributed by atoms with E-state index in [4.69, 9.17) is 26.6 Å². The van der Waals surface area contributed by atoms with Crippen molar-refractivity contribution in [2.45, 2.75) is 135 Å². The largest absolute Gasteiger partial charge is 1.00 e. The van der Waals surface area contributed by atoms with E-state index in [1.807, 2.05) is 0 Å². The molecule has 0 aromatic rings. The molecule has 0 unspecified atom stereocenters. The van der Waals surface area contributed by atoms with Crippen molar-refractivity contribution in [2.24, 2.45) is 0 Å². The van der Waals surface area contributed by atoms with Crippen molar-refractivity contribution in [3.8, 4) is 0 Å². The molecule has 0 aliphatic rings. The molecule has 0 rings (SSSR count). The summed E-state index contributed by atoms with van der Waals surface area (Å²) in [7, 11) is 7.54. The van der Waals surface area contributed by atoms with Crippen LogP contribution in [0.25, 0.3) is 0 Å². The Labute approximate surface area is 275 Å². The monoisotopic (exact) mass is 735 g/mol. The van der Waals surface area contributed by atoms with E-state index in [9.17, 15) is 0 Å². The van der Waals surface area contributed by atoms with Crippen LogP contribution in [0.1, 0.15) is 122 Å². The summed E-state index contributed by atoms with van der Waals surface area (Å²) < 4.78 is 35.0. The van der Waals surface area contributed by atoms with Gasteiger partial charge in [0, 0.05) is 67.6 Å². The van der Waals surface area contributed by atoms with Crippen LogP contribution in [0, 0.1) is 0 Å². The molecule has 0 amide bonds. The maximum atomic E-state index is 5.66. The van der Waals surface area contributed by atoms with E-state index in [1.165, 1.54) is 109 Å². The van der Waals surface area contributed by atoms with E-state index in [2.05, 4.69) is 14.0 Å². The molecule has 0 atom stereocenters. The maximum absolute atomic E-state index is 5.66. The highest BCUT2D eigenvalue weighted by Gasteiger charge is 2.40. The fourth-order valence-corrected chi connectivity index (χ4v) is 9.25. The van der Waals surface area contributed by atoms with Crippen LogP contribution in [0.15, 0.2) is 0 Å². The first-order valence-electron chi connectivity index (χ1n) is 16.5. The zero-order valence-corrected chi connectivity index (χ0v) is 32.7. The fraction of sp³-hybridized carbons (Fsp3) is 1.00. The number of rotatable bonds is 31. The van der Waals surface area contributed by atoms with Gasteiger partial charge in [-0.2, -0.15) is 0 Å². The zero-order chi connectivity index (χ0) is 30.0. The predicted octanol–water partition coefficient (Wildman–Crippen LogP) is 5.23. The second kappa shape index (κ2) is 28.4. The first-order chi connectivity index (χ1) is 19.3. The van der Waals surface area contributed by atoms with Gasteiger partial charge in [0.25, 0.3) is 0 Å². The second-order valence-corrected chi connectivity index (χ2v) is 18.1. The standard InChI is InChI=1S/C31H70NO6Si2.HI/c1-9-10-11-12-13-14-15-16-17-18-19-20-21-22-23-24-27-32(2,28-25-30-39(33-3,34-4)35-5)29-26-31-40(36-6,37-7)38-8;/h9-31H2,1-8H3;1H/q+1;/p-1. The van der Waals surface area contributed by atoms with Crippen molar-refractivity contribution >= 4 is 17.6 Å². The quantitative estimate of drug-likeness (QED) is 0.0421. The molecule has 7 nitrogen and oxygen atoms in total. The van der Waals surface area contributed by atoms with Gasteiger partial charge in [0.2, 0.25) is 0 Å². The molecule has 0 aliphatic heterocycles. The van der Waals surface area contributed by atoms with E-state index in [1.54, 1.807) is 42.7 Å². The molecule has 0 heterocycles. The summed E-state index contributed by atoms with van der Waals surface area (Å²) >= 11 is 0. The summed E-state index contributed by atoms with van der Waals surface area (Å²) in [5.74, 6) is 0. The van der Waals surface area contributed by atoms with Gasteiger partial charge in [-0.25, -0.2) is 0 Å². The first-order valence-corrected chi connectivity index (χ1v) is 20.3. The average molecular weight is 736 g/mol. The van der Waals surface area contributed by atoms with Gasteiger partial charge in [0.05, 0.1) is 26.7 Å². The molecule has 0 aromatic heterocycles. The third-order valence-electron chi connectivity index (χ3n) is 8.78. The molecule has 0 aromatic carbocycles. The minimum absolute atomic E-state index is 0. The number of nitrogens with zero attached hydrogens (tertiary/aromatic N) is 1. The highest BCUT2D eigenvalue weighted by atomic mass is 127. The molecule has 0 N–H and O–H groups in total. The van der Waals surface area contributed by atoms with Crippen LogP contribution in [0.2, 0.25) is 12.1 Å². The SMILES string of the molecule is CCCCCCCCCCCCCCCCCC[N+](C)(CCC[Si](OC)(OC)OC)CCC[Si](OC)(OC)OC.[I-]. The van der Waals surface area contributed by atoms with E-state index in [-0.39, 0.29) is 24.0 Å². The minimum atomic E-state index is -2.54. The molecule has 0 aliphatic carbocycles. The van der Waals surface area contributed by atoms with Gasteiger partial charge in [-0.1, -0.05) is 96.8 Å². The van der Waals surface area contributed by atoms with Crippen molar-refractivity contribution in [1.29, 1.82) is 0 Å². The van der Waals surface area contributed by atoms with Crippen LogP contribution in [0.3, 0.4) is 0 Å². The molecule has 0 saturated carbocycles. The summed E-state index contributed by atoms with van der Waals surface area (Å²) in [5, 5.41) is 0. The number of hydrogen-bond donors (Lipinski definition) is 0. The van der Waals surface area contributed by atoms with Crippen LogP contribution in [0.5, 0.6) is 0 Å². The molecule has 0 spiro atoms. The lowest BCUT2D eigenvalue weighted by molar-refractivity contribution is -0.909. The lowest BCUT2D eigenvalue weighted by Gasteiger charge is -2.36. The molecule has 0 saturated heterocycles. The Bertz CT molecular complexity index is 514. The Balaban J connectivity index is 0. The van der Waals surface area contributed by atoms with Crippen molar-refractivity contribution in [3.05, 3.63) is 0 Å². The molecule has 0 fully saturated rings. The van der Waals surface area contributed by atoms with Gasteiger partial charge >= 0.3 is 17.6 Å². The summed E-state index contributed by atoms with van der Waals surface area (Å²) in [6, 6.07) is 1.69. The summed E-state index contributed by atoms with van der Waals surface area (Å²) in [6.45, 7) is 5.67. The maximum Gasteiger partial charge on any atom is 0.500 e. The molecular weight excluding hydrogens is 665 g/mol. The van der Waals surface area contributed by atoms with Gasteiger partial charge in [-0.15, -0.1) is 0 Å². The number of unbranched alkanes of at least 4 members (excludes halogenated alkanes) is 15. The Morgan fingerprint density at radius 1 is 0.390 bits per heavy atom. The van der Waals surface area contributed by atoms with E-state index in [0.717, 1.165) is 42.5 Å². The molecule has 41 heavy (non-hydrogen) atoms. The Hall–Kier alpha value is 0.884. The van der Waals surface area contributed by atoms with Gasteiger partial charge in [-0.3, -0.25) is 0 Å². The number of halogens is 1. The van der Waals surface area contributed by atoms with Crippen LogP contribution in [-0.2, 0) is 26.6 Å². The van der Waals surface area contributed by atoms with Gasteiger partial charge < -0.3 is 55.0 Å². The second-order valence-electron chi connectivity index (χ2n) is 11.9. The van der Waals surface area contributed by atoms with Crippen molar-refractivity contribution in [3.63, 3.8) is 0 Å². The summed E-state index contributed by atoms with van der Waals surface area (Å²) in [5.41, 5.74) is 0. The smallest absolute Gasteiger partial charge is 0.500 e. The fourth-order valence-electron chi connectivity index (χ4n) is 5.84. The van der Waals surface area contributed by atoms with Crippen molar-refractivity contribution in [2.75, 3.05) is 69.3 Å². The Morgan fingerprint density at radius 3 is 0.902 bits per heavy atom. The lowest BCUT2D eigenvalue weighted by Crippen LogP contribution is -3.00. The Morgan fingerprint density at radius 2 is 0.634 bits per heavy atom. The summed E-state index contributed by atoms with van der Waals surface area (Å²) in [4.78, 5) is 0. The van der Waals surface area contributed by atoms with E-state index >= 15 is 0 Å². The van der Waals surface area contributed by atoms with Crippen LogP contribution < -0.4 is 24.0 Å². The molecule has 250 valence electrons. The third-order valence-corrected chi connectivity index (χ3v) is 14.4. The number of quaternary nitrogens is 1. The Kier molecular flexibility index (Phi) is 30.4. The molecule has 10 heteroatoms. The van der Waals surface area contributed by atoms with Crippen molar-refractivity contribution in [1.82, 2.24) is 0 Å². The normalized spacial score (nSPS) is 12.6. The average Bonchev–Trinajstić information content (AvgIpc) is 2.98. The van der Waals surface area contributed by atoms with Crippen LogP contribution in [-0.4, -0.2) is 91.4 Å². The molecular formula is C31H70INO6Si2. The van der Waals surface area contributed by atoms with Crippen LogP contribution >= 0.6 is 0 Å². The van der Waals surface area contributed by atoms with E-state index in [0.29, 0.717) is 0 Å². The first kappa shape index (κ1) is 44.0. The minimum Gasteiger partial charge on any atom is -1.00 e. The predicted molar refractivity (Wildman–Crippen MR) is 173 cm³/mol. The lowest BCUT2D eigenvalue weighted by atomic mass is 10.0. The van der Waals surface area contributed by atoms with E-state index < -0.39 is 17.6 Å². The molecule has 0 radical (unpaired) electrons. The highest BCUT2D eigenvalue weighted by Crippen LogP contribution is 2.22. The van der Waals surface area contributed by atoms with Crippen molar-refractivity contribution < 1.29 is 55.0 Å². The summed E-state index contributed by atoms with van der Waals surface area (Å²) in [6.07, 6.45) is 24.5. The zero-order valence-electron chi connectivity index (χ0n) is 28.5. The van der Waals surface area contributed by atoms with Gasteiger partial charge in [-0.05, 0) is 12.8 Å². The van der Waals surface area contributed by atoms with Crippen LogP contribution in [0.4, 0.5) is 0 Å². The topological polar surface area (TPSA) is 55.4 Å². The highest BCUT2D eigenvalue weighted by molar-refractivity contribution is 6.60. The van der Waals surface area contributed by atoms with Gasteiger partial charge in [0.15, 0.2) is 0 Å². The third kappa shape index (κ3) is 21.3. The molecule has 0 bridgehead atoms.